The van der Waals surface area contributed by atoms with E-state index in [4.69, 9.17) is 14.7 Å². The fourth-order valence-corrected chi connectivity index (χ4v) is 5.49. The highest BCUT2D eigenvalue weighted by molar-refractivity contribution is 7.93. The maximum atomic E-state index is 14.5. The monoisotopic (exact) mass is 521 g/mol. The zero-order chi connectivity index (χ0) is 25.8. The number of hydrogen-bond donors (Lipinski definition) is 1. The Kier molecular flexibility index (Phi) is 7.76. The first kappa shape index (κ1) is 26.1. The average Bonchev–Trinajstić information content (AvgIpc) is 3.27. The number of oxime groups is 1. The van der Waals surface area contributed by atoms with Crippen LogP contribution < -0.4 is 9.04 Å². The molecule has 9 nitrogen and oxygen atoms in total. The number of benzene rings is 2. The fourth-order valence-electron chi connectivity index (χ4n) is 3.01. The van der Waals surface area contributed by atoms with Crippen LogP contribution in [0.5, 0.6) is 5.75 Å². The van der Waals surface area contributed by atoms with E-state index in [1.165, 1.54) is 24.8 Å². The summed E-state index contributed by atoms with van der Waals surface area (Å²) in [5.41, 5.74) is 0.826. The van der Waals surface area contributed by atoms with Crippen molar-refractivity contribution in [3.63, 3.8) is 0 Å². The summed E-state index contributed by atoms with van der Waals surface area (Å²) in [6.07, 6.45) is 0.852. The summed E-state index contributed by atoms with van der Waals surface area (Å²) in [5, 5.41) is 11.5. The van der Waals surface area contributed by atoms with Gasteiger partial charge in [-0.15, -0.1) is 11.3 Å². The number of carbonyl (C=O) groups is 1. The SMILES string of the molecule is COc1ccc(CN(c2scnc2C(=O)OC(C)(C)C)S(=O)(=O)c2ccc(/C=N/O)c(F)c2)cc1. The lowest BCUT2D eigenvalue weighted by atomic mass is 10.2. The summed E-state index contributed by atoms with van der Waals surface area (Å²) in [4.78, 5) is 16.5. The van der Waals surface area contributed by atoms with Gasteiger partial charge in [-0.2, -0.15) is 0 Å². The molecule has 2 aromatic carbocycles. The normalized spacial score (nSPS) is 12.0. The van der Waals surface area contributed by atoms with Crippen LogP contribution in [0.1, 0.15) is 42.4 Å². The number of carbonyl (C=O) groups excluding carboxylic acids is 1. The molecular formula is C23H24FN3O6S2. The largest absolute Gasteiger partial charge is 0.497 e. The standard InChI is InChI=1S/C23H24FN3O6S2/c1-23(2,3)33-22(28)20-21(34-14-25-20)27(13-15-5-8-17(32-4)9-6-15)35(30,31)18-10-7-16(12-26-29)19(24)11-18/h5-12,14,29H,13H2,1-4H3/b26-12+. The zero-order valence-corrected chi connectivity index (χ0v) is 21.1. The van der Waals surface area contributed by atoms with Crippen LogP contribution in [0.25, 0.3) is 0 Å². The van der Waals surface area contributed by atoms with E-state index in [1.54, 1.807) is 45.0 Å². The molecule has 0 saturated heterocycles. The van der Waals surface area contributed by atoms with E-state index in [0.29, 0.717) is 11.3 Å². The Bertz CT molecular complexity index is 1330. The number of hydrogen-bond acceptors (Lipinski definition) is 9. The van der Waals surface area contributed by atoms with E-state index in [2.05, 4.69) is 10.1 Å². The number of thiazole rings is 1. The van der Waals surface area contributed by atoms with E-state index >= 15 is 0 Å². The Morgan fingerprint density at radius 2 is 1.91 bits per heavy atom. The Morgan fingerprint density at radius 1 is 1.23 bits per heavy atom. The molecule has 1 heterocycles. The number of anilines is 1. The molecule has 35 heavy (non-hydrogen) atoms. The van der Waals surface area contributed by atoms with Crippen LogP contribution in [0.15, 0.2) is 58.0 Å². The molecule has 3 rings (SSSR count). The minimum Gasteiger partial charge on any atom is -0.497 e. The number of rotatable bonds is 8. The molecule has 3 aromatic rings. The number of aromatic nitrogens is 1. The summed E-state index contributed by atoms with van der Waals surface area (Å²) in [5.74, 6) is -1.10. The van der Waals surface area contributed by atoms with E-state index in [0.717, 1.165) is 27.9 Å². The Labute approximate surface area is 206 Å². The third-order valence-corrected chi connectivity index (χ3v) is 7.31. The van der Waals surface area contributed by atoms with Crippen molar-refractivity contribution in [2.45, 2.75) is 37.8 Å². The third kappa shape index (κ3) is 6.14. The van der Waals surface area contributed by atoms with Gasteiger partial charge in [0.15, 0.2) is 5.69 Å². The van der Waals surface area contributed by atoms with Crippen molar-refractivity contribution in [2.24, 2.45) is 5.16 Å². The number of methoxy groups -OCH3 is 1. The van der Waals surface area contributed by atoms with Gasteiger partial charge in [0, 0.05) is 5.56 Å². The molecule has 0 spiro atoms. The topological polar surface area (TPSA) is 118 Å². The number of esters is 1. The molecule has 0 bridgehead atoms. The highest BCUT2D eigenvalue weighted by Gasteiger charge is 2.33. The van der Waals surface area contributed by atoms with Crippen molar-refractivity contribution in [3.05, 3.63) is 70.6 Å². The lowest BCUT2D eigenvalue weighted by Crippen LogP contribution is -2.32. The van der Waals surface area contributed by atoms with Gasteiger partial charge in [0.1, 0.15) is 22.2 Å². The van der Waals surface area contributed by atoms with Crippen molar-refractivity contribution in [1.82, 2.24) is 4.98 Å². The molecule has 1 N–H and O–H groups in total. The van der Waals surface area contributed by atoms with Crippen molar-refractivity contribution in [1.29, 1.82) is 0 Å². The molecule has 0 aliphatic heterocycles. The number of ether oxygens (including phenoxy) is 2. The molecular weight excluding hydrogens is 497 g/mol. The van der Waals surface area contributed by atoms with E-state index in [1.807, 2.05) is 0 Å². The highest BCUT2D eigenvalue weighted by atomic mass is 32.2. The van der Waals surface area contributed by atoms with Gasteiger partial charge >= 0.3 is 5.97 Å². The van der Waals surface area contributed by atoms with Crippen molar-refractivity contribution in [2.75, 3.05) is 11.4 Å². The van der Waals surface area contributed by atoms with E-state index in [9.17, 15) is 17.6 Å². The van der Waals surface area contributed by atoms with E-state index < -0.39 is 27.4 Å². The van der Waals surface area contributed by atoms with Crippen molar-refractivity contribution < 1.29 is 32.3 Å². The zero-order valence-electron chi connectivity index (χ0n) is 19.4. The minimum atomic E-state index is -4.37. The maximum Gasteiger partial charge on any atom is 0.360 e. The van der Waals surface area contributed by atoms with Gasteiger partial charge in [0.05, 0.1) is 30.3 Å². The predicted octanol–water partition coefficient (Wildman–Crippen LogP) is 4.45. The van der Waals surface area contributed by atoms with Crippen LogP contribution in [0.2, 0.25) is 0 Å². The lowest BCUT2D eigenvalue weighted by Gasteiger charge is -2.25. The van der Waals surface area contributed by atoms with Gasteiger partial charge in [0.2, 0.25) is 0 Å². The van der Waals surface area contributed by atoms with Crippen LogP contribution in [-0.4, -0.2) is 43.5 Å². The molecule has 0 radical (unpaired) electrons. The fraction of sp³-hybridized carbons (Fsp3) is 0.261. The first-order chi connectivity index (χ1) is 16.5. The molecule has 0 saturated carbocycles. The summed E-state index contributed by atoms with van der Waals surface area (Å²) < 4.78 is 53.5. The summed E-state index contributed by atoms with van der Waals surface area (Å²) in [6, 6.07) is 9.88. The molecule has 0 aliphatic carbocycles. The van der Waals surface area contributed by atoms with Gasteiger partial charge in [-0.25, -0.2) is 22.6 Å². The van der Waals surface area contributed by atoms with Crippen LogP contribution in [0.3, 0.4) is 0 Å². The smallest absolute Gasteiger partial charge is 0.360 e. The average molecular weight is 522 g/mol. The van der Waals surface area contributed by atoms with Gasteiger partial charge < -0.3 is 14.7 Å². The van der Waals surface area contributed by atoms with Gasteiger partial charge in [-0.3, -0.25) is 4.31 Å². The minimum absolute atomic E-state index is 0.0245. The van der Waals surface area contributed by atoms with Crippen LogP contribution in [0.4, 0.5) is 9.39 Å². The summed E-state index contributed by atoms with van der Waals surface area (Å²) >= 11 is 0.938. The quantitative estimate of drug-likeness (QED) is 0.201. The van der Waals surface area contributed by atoms with Crippen LogP contribution in [0, 0.1) is 5.82 Å². The number of sulfonamides is 1. The van der Waals surface area contributed by atoms with Crippen LogP contribution >= 0.6 is 11.3 Å². The highest BCUT2D eigenvalue weighted by Crippen LogP contribution is 2.34. The van der Waals surface area contributed by atoms with Gasteiger partial charge in [-0.05, 0) is 56.7 Å². The van der Waals surface area contributed by atoms with Crippen molar-refractivity contribution in [3.8, 4) is 5.75 Å². The Balaban J connectivity index is 2.11. The van der Waals surface area contributed by atoms with Crippen LogP contribution in [-0.2, 0) is 21.3 Å². The lowest BCUT2D eigenvalue weighted by molar-refractivity contribution is 0.00646. The molecule has 0 atom stereocenters. The third-order valence-electron chi connectivity index (χ3n) is 4.61. The predicted molar refractivity (Wildman–Crippen MR) is 129 cm³/mol. The second kappa shape index (κ2) is 10.4. The molecule has 12 heteroatoms. The molecule has 0 unspecified atom stereocenters. The number of nitrogens with zero attached hydrogens (tertiary/aromatic N) is 3. The second-order valence-electron chi connectivity index (χ2n) is 8.30. The van der Waals surface area contributed by atoms with Gasteiger partial charge in [-0.1, -0.05) is 17.3 Å². The van der Waals surface area contributed by atoms with Gasteiger partial charge in [0.25, 0.3) is 10.0 Å². The maximum absolute atomic E-state index is 14.5. The first-order valence-corrected chi connectivity index (χ1v) is 12.6. The summed E-state index contributed by atoms with van der Waals surface area (Å²) in [7, 11) is -2.86. The second-order valence-corrected chi connectivity index (χ2v) is 11.0. The molecule has 0 amide bonds. The molecule has 0 aliphatic rings. The van der Waals surface area contributed by atoms with E-state index in [-0.39, 0.29) is 27.7 Å². The Hall–Kier alpha value is -3.51. The summed E-state index contributed by atoms with van der Waals surface area (Å²) in [6.45, 7) is 4.88. The van der Waals surface area contributed by atoms with Crippen molar-refractivity contribution >= 4 is 38.5 Å². The first-order valence-electron chi connectivity index (χ1n) is 10.3. The Morgan fingerprint density at radius 3 is 2.49 bits per heavy atom. The number of halogens is 1. The molecule has 0 fully saturated rings. The molecule has 1 aromatic heterocycles. The molecule has 186 valence electrons.